The fraction of sp³-hybridized carbons (Fsp3) is 0.381. The third kappa shape index (κ3) is 5.09. The number of benzene rings is 2. The van der Waals surface area contributed by atoms with Crippen molar-refractivity contribution < 1.29 is 39.9 Å². The Labute approximate surface area is 181 Å². The third-order valence-electron chi connectivity index (χ3n) is 5.52. The first-order valence-electron chi connectivity index (χ1n) is 9.61. The van der Waals surface area contributed by atoms with Crippen LogP contribution in [0.5, 0.6) is 0 Å². The van der Waals surface area contributed by atoms with Gasteiger partial charge in [-0.3, -0.25) is 4.79 Å². The lowest BCUT2D eigenvalue weighted by Crippen LogP contribution is -2.44. The second kappa shape index (κ2) is 9.14. The van der Waals surface area contributed by atoms with Gasteiger partial charge in [-0.2, -0.15) is 22.0 Å². The number of hydrogen-bond acceptors (Lipinski definition) is 4. The molecule has 1 heterocycles. The highest BCUT2D eigenvalue weighted by Crippen LogP contribution is 2.38. The summed E-state index contributed by atoms with van der Waals surface area (Å²) in [5.74, 6) is -4.19. The first-order valence-corrected chi connectivity index (χ1v) is 11.2. The van der Waals surface area contributed by atoms with E-state index < -0.39 is 43.6 Å². The monoisotopic (exact) mass is 477 g/mol. The Bertz CT molecular complexity index is 1060. The highest BCUT2D eigenvalue weighted by molar-refractivity contribution is 7.91. The maximum Gasteiger partial charge on any atom is 0.416 e. The number of nitrogens with one attached hydrogen (secondary N) is 1. The van der Waals surface area contributed by atoms with Crippen molar-refractivity contribution >= 4 is 15.7 Å². The molecule has 2 aromatic rings. The maximum atomic E-state index is 13.2. The SMILES string of the molecule is O=C(NCC1(c2cccc(C(F)(F)F)c2)CCOCC1)c1ccc(S(=O)(=O)C(F)F)cc1. The molecule has 0 radical (unpaired) electrons. The van der Waals surface area contributed by atoms with Crippen molar-refractivity contribution in [3.63, 3.8) is 0 Å². The fourth-order valence-electron chi connectivity index (χ4n) is 3.61. The average Bonchev–Trinajstić information content (AvgIpc) is 2.77. The molecule has 1 amide bonds. The van der Waals surface area contributed by atoms with Crippen molar-refractivity contribution in [2.75, 3.05) is 19.8 Å². The quantitative estimate of drug-likeness (QED) is 0.634. The normalized spacial score (nSPS) is 16.7. The summed E-state index contributed by atoms with van der Waals surface area (Å²) in [7, 11) is -4.78. The minimum absolute atomic E-state index is 0.0214. The zero-order valence-corrected chi connectivity index (χ0v) is 17.5. The minimum Gasteiger partial charge on any atom is -0.381 e. The van der Waals surface area contributed by atoms with Crippen molar-refractivity contribution in [1.29, 1.82) is 0 Å². The molecule has 1 N–H and O–H groups in total. The van der Waals surface area contributed by atoms with Crippen LogP contribution in [-0.2, 0) is 26.2 Å². The molecule has 11 heteroatoms. The van der Waals surface area contributed by atoms with Gasteiger partial charge < -0.3 is 10.1 Å². The standard InChI is InChI=1S/C21H20F5NO4S/c22-19(23)32(29,30)17-6-4-14(5-7-17)18(28)27-13-20(8-10-31-11-9-20)15-2-1-3-16(12-15)21(24,25)26/h1-7,12,19H,8-11,13H2,(H,27,28). The third-order valence-corrected chi connectivity index (χ3v) is 6.92. The van der Waals surface area contributed by atoms with E-state index in [0.29, 0.717) is 31.6 Å². The molecular formula is C21H20F5NO4S. The Morgan fingerprint density at radius 1 is 1.06 bits per heavy atom. The smallest absolute Gasteiger partial charge is 0.381 e. The van der Waals surface area contributed by atoms with Gasteiger partial charge in [0.1, 0.15) is 0 Å². The van der Waals surface area contributed by atoms with E-state index >= 15 is 0 Å². The Kier molecular flexibility index (Phi) is 6.89. The molecule has 0 bridgehead atoms. The number of rotatable bonds is 6. The molecule has 0 spiro atoms. The number of hydrogen-bond donors (Lipinski definition) is 1. The molecule has 0 aromatic heterocycles. The lowest BCUT2D eigenvalue weighted by atomic mass is 9.73. The molecule has 5 nitrogen and oxygen atoms in total. The molecule has 0 aliphatic carbocycles. The maximum absolute atomic E-state index is 13.2. The van der Waals surface area contributed by atoms with Crippen LogP contribution < -0.4 is 5.32 Å². The largest absolute Gasteiger partial charge is 0.416 e. The summed E-state index contributed by atoms with van der Waals surface area (Å²) in [6, 6.07) is 8.97. The van der Waals surface area contributed by atoms with Crippen LogP contribution in [-0.4, -0.2) is 39.8 Å². The first kappa shape index (κ1) is 24.1. The van der Waals surface area contributed by atoms with Crippen LogP contribution >= 0.6 is 0 Å². The van der Waals surface area contributed by atoms with E-state index in [0.717, 1.165) is 36.4 Å². The van der Waals surface area contributed by atoms with Crippen LogP contribution in [0.4, 0.5) is 22.0 Å². The van der Waals surface area contributed by atoms with E-state index in [1.54, 1.807) is 6.07 Å². The molecule has 0 saturated carbocycles. The number of carbonyl (C=O) groups is 1. The van der Waals surface area contributed by atoms with Gasteiger partial charge in [-0.1, -0.05) is 18.2 Å². The topological polar surface area (TPSA) is 72.5 Å². The summed E-state index contributed by atoms with van der Waals surface area (Å²) in [6.45, 7) is 0.645. The van der Waals surface area contributed by atoms with Crippen LogP contribution in [0.3, 0.4) is 0 Å². The molecule has 1 aliphatic heterocycles. The summed E-state index contributed by atoms with van der Waals surface area (Å²) in [5.41, 5.74) is -1.12. The van der Waals surface area contributed by atoms with Gasteiger partial charge in [0.25, 0.3) is 5.91 Å². The van der Waals surface area contributed by atoms with Crippen LogP contribution in [0.1, 0.15) is 34.3 Å². The van der Waals surface area contributed by atoms with Crippen molar-refractivity contribution in [2.24, 2.45) is 0 Å². The summed E-state index contributed by atoms with van der Waals surface area (Å²) in [5, 5.41) is 2.67. The molecule has 0 atom stereocenters. The number of sulfone groups is 1. The van der Waals surface area contributed by atoms with Crippen molar-refractivity contribution in [3.05, 3.63) is 65.2 Å². The van der Waals surface area contributed by atoms with Gasteiger partial charge in [-0.15, -0.1) is 0 Å². The van der Waals surface area contributed by atoms with Crippen LogP contribution in [0, 0.1) is 0 Å². The van der Waals surface area contributed by atoms with Crippen LogP contribution in [0.15, 0.2) is 53.4 Å². The predicted octanol–water partition coefficient (Wildman–Crippen LogP) is 4.18. The average molecular weight is 477 g/mol. The van der Waals surface area contributed by atoms with Gasteiger partial charge in [-0.25, -0.2) is 8.42 Å². The van der Waals surface area contributed by atoms with E-state index in [9.17, 15) is 35.2 Å². The molecule has 174 valence electrons. The second-order valence-corrected chi connectivity index (χ2v) is 9.40. The lowest BCUT2D eigenvalue weighted by Gasteiger charge is -2.38. The molecule has 2 aromatic carbocycles. The summed E-state index contributed by atoms with van der Waals surface area (Å²) in [6.07, 6.45) is -3.73. The van der Waals surface area contributed by atoms with E-state index in [-0.39, 0.29) is 12.1 Å². The van der Waals surface area contributed by atoms with Gasteiger partial charge in [0.05, 0.1) is 10.5 Å². The molecule has 1 saturated heterocycles. The zero-order chi connectivity index (χ0) is 23.6. The van der Waals surface area contributed by atoms with Crippen molar-refractivity contribution in [1.82, 2.24) is 5.32 Å². The van der Waals surface area contributed by atoms with Crippen LogP contribution in [0.2, 0.25) is 0 Å². The van der Waals surface area contributed by atoms with E-state index in [1.165, 1.54) is 6.07 Å². The van der Waals surface area contributed by atoms with Crippen LogP contribution in [0.25, 0.3) is 0 Å². The summed E-state index contributed by atoms with van der Waals surface area (Å²) >= 11 is 0. The number of ether oxygens (including phenoxy) is 1. The molecular weight excluding hydrogens is 457 g/mol. The number of amides is 1. The molecule has 3 rings (SSSR count). The summed E-state index contributed by atoms with van der Waals surface area (Å²) < 4.78 is 93.2. The van der Waals surface area contributed by atoms with E-state index in [2.05, 4.69) is 5.32 Å². The van der Waals surface area contributed by atoms with Gasteiger partial charge in [0.15, 0.2) is 0 Å². The highest BCUT2D eigenvalue weighted by atomic mass is 32.2. The Hall–Kier alpha value is -2.53. The fourth-order valence-corrected chi connectivity index (χ4v) is 4.33. The minimum atomic E-state index is -4.78. The predicted molar refractivity (Wildman–Crippen MR) is 105 cm³/mol. The van der Waals surface area contributed by atoms with Crippen molar-refractivity contribution in [3.8, 4) is 0 Å². The van der Waals surface area contributed by atoms with E-state index in [4.69, 9.17) is 4.74 Å². The number of halogens is 5. The number of alkyl halides is 5. The van der Waals surface area contributed by atoms with E-state index in [1.807, 2.05) is 0 Å². The Morgan fingerprint density at radius 3 is 2.25 bits per heavy atom. The molecule has 0 unspecified atom stereocenters. The lowest BCUT2D eigenvalue weighted by molar-refractivity contribution is -0.137. The second-order valence-electron chi connectivity index (χ2n) is 7.48. The molecule has 1 aliphatic rings. The zero-order valence-electron chi connectivity index (χ0n) is 16.7. The van der Waals surface area contributed by atoms with Gasteiger partial charge in [0.2, 0.25) is 9.84 Å². The first-order chi connectivity index (χ1) is 15.0. The number of carbonyl (C=O) groups excluding carboxylic acids is 1. The molecule has 32 heavy (non-hydrogen) atoms. The summed E-state index contributed by atoms with van der Waals surface area (Å²) in [4.78, 5) is 11.9. The molecule has 1 fully saturated rings. The Balaban J connectivity index is 1.80. The van der Waals surface area contributed by atoms with Crippen molar-refractivity contribution in [2.45, 2.75) is 35.1 Å². The van der Waals surface area contributed by atoms with Gasteiger partial charge in [0, 0.05) is 30.7 Å². The van der Waals surface area contributed by atoms with Gasteiger partial charge >= 0.3 is 11.9 Å². The Morgan fingerprint density at radius 2 is 1.69 bits per heavy atom. The highest BCUT2D eigenvalue weighted by Gasteiger charge is 2.38. The van der Waals surface area contributed by atoms with Gasteiger partial charge in [-0.05, 0) is 48.7 Å².